The van der Waals surface area contributed by atoms with Gasteiger partial charge in [-0.05, 0) is 29.3 Å². The summed E-state index contributed by atoms with van der Waals surface area (Å²) in [6.07, 6.45) is 1.18. The molecule has 1 aliphatic rings. The lowest BCUT2D eigenvalue weighted by molar-refractivity contribution is 0.180. The number of methoxy groups -OCH3 is 1. The van der Waals surface area contributed by atoms with Gasteiger partial charge in [-0.3, -0.25) is 5.43 Å². The van der Waals surface area contributed by atoms with Gasteiger partial charge in [-0.25, -0.2) is 9.78 Å². The topological polar surface area (TPSA) is 66.5 Å². The van der Waals surface area contributed by atoms with E-state index in [9.17, 15) is 4.79 Å². The van der Waals surface area contributed by atoms with Gasteiger partial charge in [-0.2, -0.15) is 5.01 Å². The molecule has 21 heavy (non-hydrogen) atoms. The number of amides is 1. The molecule has 0 radical (unpaired) electrons. The fourth-order valence-electron chi connectivity index (χ4n) is 2.36. The monoisotopic (exact) mass is 284 g/mol. The van der Waals surface area contributed by atoms with E-state index < -0.39 is 6.09 Å². The summed E-state index contributed by atoms with van der Waals surface area (Å²) in [6, 6.07) is 11.3. The summed E-state index contributed by atoms with van der Waals surface area (Å²) in [5, 5.41) is 4.66. The van der Waals surface area contributed by atoms with E-state index in [1.807, 2.05) is 24.3 Å². The van der Waals surface area contributed by atoms with E-state index in [2.05, 4.69) is 21.8 Å². The number of hydrazine groups is 1. The summed E-state index contributed by atoms with van der Waals surface area (Å²) in [4.78, 5) is 16.3. The average Bonchev–Trinajstić information content (AvgIpc) is 3.01. The van der Waals surface area contributed by atoms with Crippen LogP contribution in [0.15, 0.2) is 42.6 Å². The van der Waals surface area contributed by atoms with E-state index in [-0.39, 0.29) is 0 Å². The molecule has 108 valence electrons. The third-order valence-corrected chi connectivity index (χ3v) is 3.35. The third-order valence-electron chi connectivity index (χ3n) is 3.35. The van der Waals surface area contributed by atoms with Crippen LogP contribution in [0.4, 0.5) is 16.3 Å². The molecule has 2 N–H and O–H groups in total. The fraction of sp³-hybridized carbons (Fsp3) is 0.200. The minimum atomic E-state index is -0.485. The molecule has 1 amide bonds. The van der Waals surface area contributed by atoms with E-state index in [0.717, 1.165) is 24.3 Å². The molecule has 2 aromatic rings. The molecule has 1 aliphatic heterocycles. The van der Waals surface area contributed by atoms with Gasteiger partial charge >= 0.3 is 6.09 Å². The predicted molar refractivity (Wildman–Crippen MR) is 79.7 cm³/mol. The van der Waals surface area contributed by atoms with E-state index >= 15 is 0 Å². The number of benzene rings is 1. The Balaban J connectivity index is 1.97. The first kappa shape index (κ1) is 13.4. The largest absolute Gasteiger partial charge is 0.451 e. The highest BCUT2D eigenvalue weighted by molar-refractivity contribution is 5.91. The molecule has 1 aromatic heterocycles. The van der Waals surface area contributed by atoms with Crippen LogP contribution in [0.3, 0.4) is 0 Å². The van der Waals surface area contributed by atoms with E-state index in [1.165, 1.54) is 17.7 Å². The van der Waals surface area contributed by atoms with Crippen molar-refractivity contribution in [3.63, 3.8) is 0 Å². The highest BCUT2D eigenvalue weighted by Crippen LogP contribution is 2.28. The Morgan fingerprint density at radius 3 is 2.95 bits per heavy atom. The number of nitrogens with one attached hydrogen (secondary N) is 2. The SMILES string of the molecule is COC(=O)N(Nc1ccccn1)c1cccc2c1CNC2. The Hall–Kier alpha value is -2.60. The summed E-state index contributed by atoms with van der Waals surface area (Å²) in [7, 11) is 1.36. The van der Waals surface area contributed by atoms with Crippen molar-refractivity contribution in [2.45, 2.75) is 13.1 Å². The second-order valence-corrected chi connectivity index (χ2v) is 4.65. The Morgan fingerprint density at radius 2 is 2.19 bits per heavy atom. The molecule has 0 bridgehead atoms. The molecular weight excluding hydrogens is 268 g/mol. The number of ether oxygens (including phenoxy) is 1. The highest BCUT2D eigenvalue weighted by Gasteiger charge is 2.23. The molecule has 0 atom stereocenters. The maximum atomic E-state index is 12.1. The highest BCUT2D eigenvalue weighted by atomic mass is 16.5. The minimum Gasteiger partial charge on any atom is -0.451 e. The summed E-state index contributed by atoms with van der Waals surface area (Å²) < 4.78 is 4.88. The van der Waals surface area contributed by atoms with Crippen LogP contribution in [0, 0.1) is 0 Å². The van der Waals surface area contributed by atoms with Gasteiger partial charge in [-0.1, -0.05) is 18.2 Å². The molecule has 3 rings (SSSR count). The zero-order valence-electron chi connectivity index (χ0n) is 11.7. The van der Waals surface area contributed by atoms with Crippen molar-refractivity contribution in [1.29, 1.82) is 0 Å². The number of carbonyl (C=O) groups is 1. The molecule has 0 aliphatic carbocycles. The molecule has 0 saturated heterocycles. The van der Waals surface area contributed by atoms with Crippen LogP contribution < -0.4 is 15.8 Å². The zero-order valence-corrected chi connectivity index (χ0v) is 11.7. The van der Waals surface area contributed by atoms with Gasteiger partial charge in [0, 0.05) is 19.3 Å². The maximum Gasteiger partial charge on any atom is 0.433 e. The van der Waals surface area contributed by atoms with E-state index in [0.29, 0.717) is 5.82 Å². The average molecular weight is 284 g/mol. The summed E-state index contributed by atoms with van der Waals surface area (Å²) >= 11 is 0. The van der Waals surface area contributed by atoms with Crippen molar-refractivity contribution in [2.75, 3.05) is 17.5 Å². The smallest absolute Gasteiger partial charge is 0.433 e. The van der Waals surface area contributed by atoms with Gasteiger partial charge in [0.1, 0.15) is 5.82 Å². The number of hydrogen-bond acceptors (Lipinski definition) is 5. The van der Waals surface area contributed by atoms with Gasteiger partial charge in [0.05, 0.1) is 12.8 Å². The van der Waals surface area contributed by atoms with Gasteiger partial charge in [0.25, 0.3) is 0 Å². The second kappa shape index (κ2) is 5.80. The van der Waals surface area contributed by atoms with Crippen molar-refractivity contribution in [1.82, 2.24) is 10.3 Å². The number of hydrogen-bond donors (Lipinski definition) is 2. The first-order valence-corrected chi connectivity index (χ1v) is 6.67. The maximum absolute atomic E-state index is 12.1. The van der Waals surface area contributed by atoms with Crippen molar-refractivity contribution >= 4 is 17.6 Å². The molecule has 2 heterocycles. The van der Waals surface area contributed by atoms with Crippen molar-refractivity contribution < 1.29 is 9.53 Å². The number of rotatable bonds is 3. The molecule has 6 nitrogen and oxygen atoms in total. The lowest BCUT2D eigenvalue weighted by atomic mass is 10.1. The molecule has 0 saturated carbocycles. The number of aromatic nitrogens is 1. The molecule has 0 unspecified atom stereocenters. The number of fused-ring (bicyclic) bond motifs is 1. The predicted octanol–water partition coefficient (Wildman–Crippen LogP) is 2.28. The van der Waals surface area contributed by atoms with Crippen LogP contribution in [-0.2, 0) is 17.8 Å². The number of anilines is 2. The van der Waals surface area contributed by atoms with Crippen LogP contribution in [0.2, 0.25) is 0 Å². The Morgan fingerprint density at radius 1 is 1.29 bits per heavy atom. The summed E-state index contributed by atoms with van der Waals surface area (Å²) in [5.41, 5.74) is 6.04. The van der Waals surface area contributed by atoms with Gasteiger partial charge in [0.15, 0.2) is 0 Å². The third kappa shape index (κ3) is 2.66. The Labute approximate surface area is 122 Å². The number of nitrogens with zero attached hydrogens (tertiary/aromatic N) is 2. The zero-order chi connectivity index (χ0) is 14.7. The lowest BCUT2D eigenvalue weighted by Gasteiger charge is -2.24. The van der Waals surface area contributed by atoms with Crippen LogP contribution in [-0.4, -0.2) is 18.2 Å². The molecule has 6 heteroatoms. The number of carbonyl (C=O) groups excluding carboxylic acids is 1. The van der Waals surface area contributed by atoms with Gasteiger partial charge in [0.2, 0.25) is 0 Å². The van der Waals surface area contributed by atoms with Crippen LogP contribution in [0.5, 0.6) is 0 Å². The van der Waals surface area contributed by atoms with Crippen molar-refractivity contribution in [3.05, 3.63) is 53.7 Å². The lowest BCUT2D eigenvalue weighted by Crippen LogP contribution is -2.37. The minimum absolute atomic E-state index is 0.485. The normalized spacial score (nSPS) is 12.6. The number of pyridine rings is 1. The van der Waals surface area contributed by atoms with E-state index in [1.54, 1.807) is 12.3 Å². The quantitative estimate of drug-likeness (QED) is 0.846. The van der Waals surface area contributed by atoms with Crippen LogP contribution in [0.25, 0.3) is 0 Å². The fourth-order valence-corrected chi connectivity index (χ4v) is 2.36. The van der Waals surface area contributed by atoms with Crippen LogP contribution in [0.1, 0.15) is 11.1 Å². The first-order chi connectivity index (χ1) is 10.3. The molecule has 1 aromatic carbocycles. The second-order valence-electron chi connectivity index (χ2n) is 4.65. The van der Waals surface area contributed by atoms with Crippen LogP contribution >= 0.6 is 0 Å². The summed E-state index contributed by atoms with van der Waals surface area (Å²) in [6.45, 7) is 1.53. The Kier molecular flexibility index (Phi) is 3.70. The van der Waals surface area contributed by atoms with E-state index in [4.69, 9.17) is 4.74 Å². The van der Waals surface area contributed by atoms with Gasteiger partial charge in [-0.15, -0.1) is 0 Å². The van der Waals surface area contributed by atoms with Crippen molar-refractivity contribution in [3.8, 4) is 0 Å². The molecule has 0 spiro atoms. The summed E-state index contributed by atoms with van der Waals surface area (Å²) in [5.74, 6) is 0.575. The van der Waals surface area contributed by atoms with Gasteiger partial charge < -0.3 is 10.1 Å². The first-order valence-electron chi connectivity index (χ1n) is 6.67. The van der Waals surface area contributed by atoms with Crippen molar-refractivity contribution in [2.24, 2.45) is 0 Å². The molecular formula is C15H16N4O2. The molecule has 0 fully saturated rings. The standard InChI is InChI=1S/C15H16N4O2/c1-21-15(20)19(18-14-7-2-3-8-17-14)13-6-4-5-11-9-16-10-12(11)13/h2-8,16H,9-10H2,1H3,(H,17,18). The Bertz CT molecular complexity index is 645.